The minimum absolute atomic E-state index is 0.423. The van der Waals surface area contributed by atoms with E-state index < -0.39 is 5.97 Å². The van der Waals surface area contributed by atoms with Crippen LogP contribution in [0.5, 0.6) is 0 Å². The fourth-order valence-corrected chi connectivity index (χ4v) is 2.72. The van der Waals surface area contributed by atoms with Gasteiger partial charge in [-0.1, -0.05) is 13.0 Å². The van der Waals surface area contributed by atoms with Crippen LogP contribution in [0.25, 0.3) is 0 Å². The van der Waals surface area contributed by atoms with Crippen molar-refractivity contribution in [2.24, 2.45) is 0 Å². The predicted octanol–water partition coefficient (Wildman–Crippen LogP) is 2.88. The molecule has 0 amide bonds. The summed E-state index contributed by atoms with van der Waals surface area (Å²) in [5.74, 6) is -0.851. The SMILES string of the molecule is CCCN(CCN(C)C)c1cccc(SC)c1C(=O)O. The summed E-state index contributed by atoms with van der Waals surface area (Å²) < 4.78 is 0. The van der Waals surface area contributed by atoms with E-state index in [0.29, 0.717) is 5.56 Å². The molecule has 0 fully saturated rings. The second kappa shape index (κ2) is 8.17. The Bertz CT molecular complexity index is 449. The average molecular weight is 296 g/mol. The van der Waals surface area contributed by atoms with Crippen LogP contribution in [0.4, 0.5) is 5.69 Å². The second-order valence-corrected chi connectivity index (χ2v) is 5.80. The van der Waals surface area contributed by atoms with Gasteiger partial charge in [0, 0.05) is 24.5 Å². The van der Waals surface area contributed by atoms with Crippen molar-refractivity contribution in [2.75, 3.05) is 44.9 Å². The van der Waals surface area contributed by atoms with Crippen LogP contribution in [0.2, 0.25) is 0 Å². The number of carbonyl (C=O) groups is 1. The molecule has 20 heavy (non-hydrogen) atoms. The van der Waals surface area contributed by atoms with Crippen LogP contribution in [0, 0.1) is 0 Å². The molecule has 1 aromatic rings. The summed E-state index contributed by atoms with van der Waals surface area (Å²) in [5.41, 5.74) is 1.25. The number of benzene rings is 1. The highest BCUT2D eigenvalue weighted by atomic mass is 32.2. The number of hydrogen-bond acceptors (Lipinski definition) is 4. The molecule has 4 nitrogen and oxygen atoms in total. The van der Waals surface area contributed by atoms with Crippen molar-refractivity contribution in [1.29, 1.82) is 0 Å². The van der Waals surface area contributed by atoms with Gasteiger partial charge >= 0.3 is 5.97 Å². The van der Waals surface area contributed by atoms with Gasteiger partial charge in [0.1, 0.15) is 0 Å². The van der Waals surface area contributed by atoms with E-state index >= 15 is 0 Å². The quantitative estimate of drug-likeness (QED) is 0.747. The van der Waals surface area contributed by atoms with Crippen molar-refractivity contribution in [3.05, 3.63) is 23.8 Å². The lowest BCUT2D eigenvalue weighted by molar-refractivity contribution is 0.0694. The molecule has 0 aliphatic carbocycles. The van der Waals surface area contributed by atoms with Crippen LogP contribution in [-0.2, 0) is 0 Å². The maximum Gasteiger partial charge on any atom is 0.338 e. The number of carboxylic acids is 1. The van der Waals surface area contributed by atoms with Gasteiger partial charge in [0.25, 0.3) is 0 Å². The Labute approximate surface area is 125 Å². The van der Waals surface area contributed by atoms with Crippen molar-refractivity contribution >= 4 is 23.4 Å². The van der Waals surface area contributed by atoms with Gasteiger partial charge in [-0.05, 0) is 38.9 Å². The predicted molar refractivity (Wildman–Crippen MR) is 86.2 cm³/mol. The molecule has 0 heterocycles. The van der Waals surface area contributed by atoms with E-state index in [2.05, 4.69) is 16.7 Å². The van der Waals surface area contributed by atoms with Crippen LogP contribution in [-0.4, -0.2) is 56.0 Å². The molecule has 0 radical (unpaired) electrons. The number of rotatable bonds is 8. The van der Waals surface area contributed by atoms with Crippen LogP contribution >= 0.6 is 11.8 Å². The molecule has 0 unspecified atom stereocenters. The molecule has 5 heteroatoms. The smallest absolute Gasteiger partial charge is 0.338 e. The molecule has 0 spiro atoms. The molecule has 0 saturated carbocycles. The topological polar surface area (TPSA) is 43.8 Å². The van der Waals surface area contributed by atoms with Crippen molar-refractivity contribution in [1.82, 2.24) is 4.90 Å². The van der Waals surface area contributed by atoms with Crippen LogP contribution in [0.3, 0.4) is 0 Å². The normalized spacial score (nSPS) is 10.8. The second-order valence-electron chi connectivity index (χ2n) is 4.95. The van der Waals surface area contributed by atoms with Gasteiger partial charge in [-0.15, -0.1) is 11.8 Å². The number of aromatic carboxylic acids is 1. The zero-order valence-corrected chi connectivity index (χ0v) is 13.5. The molecule has 1 aromatic carbocycles. The highest BCUT2D eigenvalue weighted by molar-refractivity contribution is 7.98. The van der Waals surface area contributed by atoms with Crippen molar-refractivity contribution in [3.8, 4) is 0 Å². The molecule has 112 valence electrons. The Balaban J connectivity index is 3.14. The molecule has 0 atom stereocenters. The Morgan fingerprint density at radius 3 is 2.45 bits per heavy atom. The standard InChI is InChI=1S/C15H24N2O2S/c1-5-9-17(11-10-16(2)3)12-7-6-8-13(20-4)14(12)15(18)19/h6-8H,5,9-11H2,1-4H3,(H,18,19). The third-order valence-electron chi connectivity index (χ3n) is 3.09. The first-order valence-electron chi connectivity index (χ1n) is 6.81. The molecule has 0 saturated heterocycles. The van der Waals surface area contributed by atoms with E-state index in [1.54, 1.807) is 0 Å². The first-order valence-corrected chi connectivity index (χ1v) is 8.03. The van der Waals surface area contributed by atoms with Crippen molar-refractivity contribution in [2.45, 2.75) is 18.2 Å². The summed E-state index contributed by atoms with van der Waals surface area (Å²) in [6, 6.07) is 5.72. The summed E-state index contributed by atoms with van der Waals surface area (Å²) in [6.45, 7) is 4.72. The van der Waals surface area contributed by atoms with E-state index in [9.17, 15) is 9.90 Å². The number of carboxylic acid groups (broad SMARTS) is 1. The van der Waals surface area contributed by atoms with E-state index in [1.807, 2.05) is 38.6 Å². The van der Waals surface area contributed by atoms with Gasteiger partial charge in [0.05, 0.1) is 11.3 Å². The van der Waals surface area contributed by atoms with Crippen LogP contribution in [0.15, 0.2) is 23.1 Å². The number of hydrogen-bond donors (Lipinski definition) is 1. The maximum atomic E-state index is 11.6. The van der Waals surface area contributed by atoms with E-state index in [1.165, 1.54) is 11.8 Å². The van der Waals surface area contributed by atoms with Gasteiger partial charge in [-0.25, -0.2) is 4.79 Å². The van der Waals surface area contributed by atoms with Gasteiger partial charge in [0.2, 0.25) is 0 Å². The highest BCUT2D eigenvalue weighted by Crippen LogP contribution is 2.29. The lowest BCUT2D eigenvalue weighted by atomic mass is 10.1. The molecular weight excluding hydrogens is 272 g/mol. The average Bonchev–Trinajstić information content (AvgIpc) is 2.42. The Morgan fingerprint density at radius 1 is 1.25 bits per heavy atom. The Hall–Kier alpha value is -1.20. The van der Waals surface area contributed by atoms with Gasteiger partial charge in [-0.2, -0.15) is 0 Å². The fraction of sp³-hybridized carbons (Fsp3) is 0.533. The summed E-state index contributed by atoms with van der Waals surface area (Å²) in [6.07, 6.45) is 2.91. The summed E-state index contributed by atoms with van der Waals surface area (Å²) >= 11 is 1.48. The highest BCUT2D eigenvalue weighted by Gasteiger charge is 2.19. The van der Waals surface area contributed by atoms with Gasteiger partial charge in [-0.3, -0.25) is 0 Å². The molecule has 1 N–H and O–H groups in total. The van der Waals surface area contributed by atoms with Gasteiger partial charge < -0.3 is 14.9 Å². The zero-order valence-electron chi connectivity index (χ0n) is 12.7. The summed E-state index contributed by atoms with van der Waals surface area (Å²) in [7, 11) is 4.06. The largest absolute Gasteiger partial charge is 0.478 e. The lowest BCUT2D eigenvalue weighted by Crippen LogP contribution is -2.33. The number of thioether (sulfide) groups is 1. The number of nitrogens with zero attached hydrogens (tertiary/aromatic N) is 2. The van der Waals surface area contributed by atoms with Crippen molar-refractivity contribution in [3.63, 3.8) is 0 Å². The Kier molecular flexibility index (Phi) is 6.88. The summed E-state index contributed by atoms with van der Waals surface area (Å²) in [5, 5.41) is 9.52. The van der Waals surface area contributed by atoms with Crippen LogP contribution < -0.4 is 4.90 Å². The lowest BCUT2D eigenvalue weighted by Gasteiger charge is -2.28. The molecule has 0 aliphatic rings. The first-order chi connectivity index (χ1) is 9.51. The first kappa shape index (κ1) is 16.9. The fourth-order valence-electron chi connectivity index (χ4n) is 2.11. The van der Waals surface area contributed by atoms with E-state index in [4.69, 9.17) is 0 Å². The molecule has 0 bridgehead atoms. The summed E-state index contributed by atoms with van der Waals surface area (Å²) in [4.78, 5) is 16.7. The van der Waals surface area contributed by atoms with Gasteiger partial charge in [0.15, 0.2) is 0 Å². The number of likely N-dealkylation sites (N-methyl/N-ethyl adjacent to an activating group) is 1. The minimum atomic E-state index is -0.851. The molecular formula is C15H24N2O2S. The van der Waals surface area contributed by atoms with Crippen LogP contribution in [0.1, 0.15) is 23.7 Å². The minimum Gasteiger partial charge on any atom is -0.478 e. The molecule has 1 rings (SSSR count). The van der Waals surface area contributed by atoms with E-state index in [0.717, 1.165) is 36.6 Å². The number of anilines is 1. The third-order valence-corrected chi connectivity index (χ3v) is 3.87. The monoisotopic (exact) mass is 296 g/mol. The van der Waals surface area contributed by atoms with E-state index in [-0.39, 0.29) is 0 Å². The molecule has 0 aliphatic heterocycles. The third kappa shape index (κ3) is 4.42. The Morgan fingerprint density at radius 2 is 1.95 bits per heavy atom. The zero-order chi connectivity index (χ0) is 15.1. The maximum absolute atomic E-state index is 11.6. The van der Waals surface area contributed by atoms with Crippen molar-refractivity contribution < 1.29 is 9.90 Å². The molecule has 0 aromatic heterocycles.